The molecule has 0 saturated heterocycles. The van der Waals surface area contributed by atoms with Gasteiger partial charge in [0, 0.05) is 28.0 Å². The Bertz CT molecular complexity index is 1750. The lowest BCUT2D eigenvalue weighted by Gasteiger charge is -2.43. The highest BCUT2D eigenvalue weighted by atomic mass is 32.1. The number of hydrogen-bond donors (Lipinski definition) is 7. The minimum absolute atomic E-state index is 0. The Kier molecular flexibility index (Phi) is 29.0. The summed E-state index contributed by atoms with van der Waals surface area (Å²) in [4.78, 5) is 53.4. The first-order valence-electron chi connectivity index (χ1n) is 18.1. The topological polar surface area (TPSA) is 256 Å². The molecule has 1 aliphatic rings. The summed E-state index contributed by atoms with van der Waals surface area (Å²) in [7, 11) is -10.8. The predicted octanol–water partition coefficient (Wildman–Crippen LogP) is 4.83. The number of aliphatic hydroxyl groups excluding tert-OH is 4. The molecule has 19 heteroatoms. The summed E-state index contributed by atoms with van der Waals surface area (Å²) >= 11 is 0. The van der Waals surface area contributed by atoms with Crippen LogP contribution in [0.1, 0.15) is 113 Å². The SMILES string of the molecule is C#CC#CC#CC#CC#CC#CC(=O)OC[C@H](COP(=O)(O)OC1C(O)[C@@H](OP(=O)(O)O)C(O)[C@@H](O)[C@H]1O)OC(=O)CCCCCCCCCCCCCCC.S.[HH].[HH].[HH].[HH].[HH].[HH].[HH].[HH].[HH].[HH].[HH]. The van der Waals surface area contributed by atoms with E-state index in [1.54, 1.807) is 0 Å². The lowest BCUT2D eigenvalue weighted by molar-refractivity contribution is -0.216. The van der Waals surface area contributed by atoms with Crippen LogP contribution in [0.15, 0.2) is 0 Å². The number of phosphoric ester groups is 2. The molecule has 0 radical (unpaired) electrons. The molecule has 0 aromatic heterocycles. The lowest BCUT2D eigenvalue weighted by atomic mass is 9.85. The molecule has 0 aromatic carbocycles. The van der Waals surface area contributed by atoms with Crippen LogP contribution in [0, 0.1) is 71.5 Å². The molecule has 1 aliphatic carbocycles. The highest BCUT2D eigenvalue weighted by molar-refractivity contribution is 7.59. The number of aliphatic hydroxyl groups is 4. The van der Waals surface area contributed by atoms with Crippen LogP contribution < -0.4 is 0 Å². The predicted molar refractivity (Wildman–Crippen MR) is 234 cm³/mol. The molecule has 0 heterocycles. The van der Waals surface area contributed by atoms with Gasteiger partial charge in [-0.1, -0.05) is 84.0 Å². The maximum absolute atomic E-state index is 12.8. The third kappa shape index (κ3) is 25.6. The van der Waals surface area contributed by atoms with Gasteiger partial charge in [-0.2, -0.15) is 13.5 Å². The number of rotatable bonds is 24. The first-order valence-corrected chi connectivity index (χ1v) is 21.1. The zero-order chi connectivity index (χ0) is 41.8. The Morgan fingerprint density at radius 3 is 1.60 bits per heavy atom. The Balaban J connectivity index is -0.000000261. The van der Waals surface area contributed by atoms with Crippen molar-refractivity contribution in [2.75, 3.05) is 13.2 Å². The van der Waals surface area contributed by atoms with Gasteiger partial charge in [-0.15, -0.1) is 6.42 Å². The fourth-order valence-corrected chi connectivity index (χ4v) is 6.68. The highest BCUT2D eigenvalue weighted by Crippen LogP contribution is 2.49. The number of terminal acetylenes is 1. The van der Waals surface area contributed by atoms with Crippen LogP contribution in [0.5, 0.6) is 0 Å². The molecule has 0 spiro atoms. The fraction of sp³-hybridized carbons (Fsp3) is 0.632. The number of ether oxygens (including phenoxy) is 2. The van der Waals surface area contributed by atoms with Gasteiger partial charge in [0.15, 0.2) is 6.10 Å². The van der Waals surface area contributed by atoms with E-state index in [0.717, 1.165) is 32.1 Å². The second-order valence-electron chi connectivity index (χ2n) is 12.5. The monoisotopic (exact) mass is 880 g/mol. The normalized spacial score (nSPS) is 21.1. The molecular formula is C38H74O16P2S. The quantitative estimate of drug-likeness (QED) is 0.0225. The van der Waals surface area contributed by atoms with E-state index in [0.29, 0.717) is 6.42 Å². The Morgan fingerprint density at radius 2 is 1.11 bits per heavy atom. The maximum Gasteiger partial charge on any atom is 0.472 e. The van der Waals surface area contributed by atoms with Gasteiger partial charge in [-0.25, -0.2) is 13.9 Å². The molecule has 0 amide bonds. The summed E-state index contributed by atoms with van der Waals surface area (Å²) in [6, 6.07) is 0. The first kappa shape index (κ1) is 53.7. The van der Waals surface area contributed by atoms with Crippen molar-refractivity contribution >= 4 is 41.1 Å². The zero-order valence-corrected chi connectivity index (χ0v) is 34.4. The van der Waals surface area contributed by atoms with Crippen molar-refractivity contribution in [3.63, 3.8) is 0 Å². The van der Waals surface area contributed by atoms with Gasteiger partial charge in [0.05, 0.1) is 6.61 Å². The molecule has 338 valence electrons. The van der Waals surface area contributed by atoms with Gasteiger partial charge in [0.2, 0.25) is 0 Å². The molecule has 8 atom stereocenters. The third-order valence-corrected chi connectivity index (χ3v) is 9.41. The summed E-state index contributed by atoms with van der Waals surface area (Å²) in [6.07, 6.45) is 3.86. The van der Waals surface area contributed by atoms with E-state index in [-0.39, 0.29) is 35.6 Å². The molecule has 0 aliphatic heterocycles. The van der Waals surface area contributed by atoms with Gasteiger partial charge in [0.1, 0.15) is 43.2 Å². The summed E-state index contributed by atoms with van der Waals surface area (Å²) < 4.78 is 48.4. The molecule has 0 aromatic rings. The number of hydrogen-bond acceptors (Lipinski definition) is 13. The van der Waals surface area contributed by atoms with Crippen molar-refractivity contribution in [1.29, 1.82) is 0 Å². The Labute approximate surface area is 357 Å². The van der Waals surface area contributed by atoms with Gasteiger partial charge in [-0.3, -0.25) is 18.4 Å². The third-order valence-electron chi connectivity index (χ3n) is 7.90. The molecule has 1 rings (SSSR count). The lowest BCUT2D eigenvalue weighted by Crippen LogP contribution is -2.64. The van der Waals surface area contributed by atoms with Gasteiger partial charge < -0.3 is 44.6 Å². The van der Waals surface area contributed by atoms with E-state index in [1.807, 2.05) is 5.92 Å². The van der Waals surface area contributed by atoms with Crippen molar-refractivity contribution in [3.05, 3.63) is 0 Å². The van der Waals surface area contributed by atoms with E-state index in [4.69, 9.17) is 34.7 Å². The second-order valence-corrected chi connectivity index (χ2v) is 15.1. The largest absolute Gasteiger partial charge is 0.472 e. The smallest absolute Gasteiger partial charge is 0.456 e. The molecule has 1 fully saturated rings. The average molecular weight is 881 g/mol. The number of phosphoric acid groups is 2. The van der Waals surface area contributed by atoms with Crippen LogP contribution in [-0.4, -0.2) is 103 Å². The minimum Gasteiger partial charge on any atom is -0.456 e. The van der Waals surface area contributed by atoms with Crippen LogP contribution in [-0.2, 0) is 41.8 Å². The first-order chi connectivity index (χ1) is 26.6. The van der Waals surface area contributed by atoms with E-state index in [9.17, 15) is 44.0 Å². The molecule has 4 unspecified atom stereocenters. The van der Waals surface area contributed by atoms with E-state index in [1.165, 1.54) is 44.9 Å². The molecule has 1 saturated carbocycles. The summed E-state index contributed by atoms with van der Waals surface area (Å²) in [5, 5.41) is 40.9. The highest BCUT2D eigenvalue weighted by Gasteiger charge is 2.54. The van der Waals surface area contributed by atoms with Crippen molar-refractivity contribution in [2.24, 2.45) is 0 Å². The molecule has 16 nitrogen and oxygen atoms in total. The summed E-state index contributed by atoms with van der Waals surface area (Å²) in [5.41, 5.74) is 0. The number of carbonyl (C=O) groups excluding carboxylic acids is 2. The molecular weight excluding hydrogens is 806 g/mol. The average Bonchev–Trinajstić information content (AvgIpc) is 3.14. The maximum atomic E-state index is 12.8. The van der Waals surface area contributed by atoms with Crippen molar-refractivity contribution in [3.8, 4) is 71.5 Å². The van der Waals surface area contributed by atoms with Crippen LogP contribution in [0.2, 0.25) is 0 Å². The van der Waals surface area contributed by atoms with Crippen LogP contribution in [0.3, 0.4) is 0 Å². The molecule has 7 N–H and O–H groups in total. The molecule has 0 bridgehead atoms. The second kappa shape index (κ2) is 30.7. The Morgan fingerprint density at radius 1 is 0.649 bits per heavy atom. The van der Waals surface area contributed by atoms with Crippen LogP contribution >= 0.6 is 29.1 Å². The number of unbranched alkanes of at least 4 members (excludes halogenated alkanes) is 12. The Hall–Kier alpha value is -3.29. The molecule has 57 heavy (non-hydrogen) atoms. The fourth-order valence-electron chi connectivity index (χ4n) is 5.14. The standard InChI is InChI=1S/C38H50O16P2.H2S.11H2/c1-3-5-7-9-11-13-15-16-17-19-21-23-25-27-32(40)52-30(28-50-31(39)26-24-22-20-18-14-12-10-8-6-4-2)29-51-56(48,49)54-38-35(43)33(41)34(42)37(36(38)44)53-55(45,46)47;;;;;;;;;;;;/h2,30,33-38,41-44H,3,5,7,9,11,13,15-17,19,21,23,25,27-29H2,1H3,(H,48,49)(H2,45,46,47);1H2;11*1H/t30-,33-,34?,35-,36?,37+,38?;;;;;;;;;;;;/m1............/s1. The van der Waals surface area contributed by atoms with Gasteiger partial charge in [-0.05, 0) is 65.6 Å². The number of esters is 2. The van der Waals surface area contributed by atoms with E-state index in [2.05, 4.69) is 70.7 Å². The van der Waals surface area contributed by atoms with Crippen molar-refractivity contribution in [2.45, 2.75) is 140 Å². The summed E-state index contributed by atoms with van der Waals surface area (Å²) in [5.74, 6) is 23.0. The van der Waals surface area contributed by atoms with Crippen molar-refractivity contribution in [1.82, 2.24) is 0 Å². The summed E-state index contributed by atoms with van der Waals surface area (Å²) in [6.45, 7) is 0.517. The van der Waals surface area contributed by atoms with E-state index < -0.39 is 83.5 Å². The minimum atomic E-state index is -5.39. The van der Waals surface area contributed by atoms with E-state index >= 15 is 0 Å². The van der Waals surface area contributed by atoms with Crippen LogP contribution in [0.25, 0.3) is 0 Å². The number of carbonyl (C=O) groups is 2. The van der Waals surface area contributed by atoms with Crippen molar-refractivity contribution < 1.29 is 92.6 Å². The van der Waals surface area contributed by atoms with Crippen LogP contribution in [0.4, 0.5) is 0 Å². The zero-order valence-electron chi connectivity index (χ0n) is 31.6. The van der Waals surface area contributed by atoms with Gasteiger partial charge in [0.25, 0.3) is 0 Å². The van der Waals surface area contributed by atoms with Gasteiger partial charge >= 0.3 is 27.6 Å².